The lowest BCUT2D eigenvalue weighted by Gasteiger charge is -2.27. The van der Waals surface area contributed by atoms with Crippen LogP contribution in [0.2, 0.25) is 0 Å². The van der Waals surface area contributed by atoms with Crippen LogP contribution in [-0.4, -0.2) is 21.2 Å². The van der Waals surface area contributed by atoms with Crippen molar-refractivity contribution in [1.82, 2.24) is 14.9 Å². The summed E-state index contributed by atoms with van der Waals surface area (Å²) in [5.41, 5.74) is 1.95. The molecule has 1 aromatic heterocycles. The minimum Gasteiger partial charge on any atom is -0.390 e. The van der Waals surface area contributed by atoms with Gasteiger partial charge in [0.1, 0.15) is 5.82 Å². The summed E-state index contributed by atoms with van der Waals surface area (Å²) >= 11 is 0. The normalized spacial score (nSPS) is 17.6. The molecule has 0 radical (unpaired) electrons. The topological polar surface area (TPSA) is 50.1 Å². The molecule has 1 aliphatic heterocycles. The van der Waals surface area contributed by atoms with Crippen molar-refractivity contribution in [3.8, 4) is 0 Å². The first kappa shape index (κ1) is 17.9. The Balaban J connectivity index is 1.74. The van der Waals surface area contributed by atoms with Gasteiger partial charge in [-0.05, 0) is 30.5 Å². The monoisotopic (exact) mass is 353 g/mol. The molecule has 0 fully saturated rings. The van der Waals surface area contributed by atoms with Crippen LogP contribution in [0.15, 0.2) is 24.3 Å². The molecule has 2 aromatic rings. The molecular formula is C18H22F3N3O. The Morgan fingerprint density at radius 2 is 2.00 bits per heavy atom. The van der Waals surface area contributed by atoms with Crippen LogP contribution < -0.4 is 5.32 Å². The van der Waals surface area contributed by atoms with Crippen LogP contribution in [-0.2, 0) is 32.2 Å². The van der Waals surface area contributed by atoms with Crippen molar-refractivity contribution in [3.63, 3.8) is 0 Å². The molecule has 1 unspecified atom stereocenters. The third kappa shape index (κ3) is 3.72. The van der Waals surface area contributed by atoms with Crippen LogP contribution in [0.4, 0.5) is 13.2 Å². The van der Waals surface area contributed by atoms with Gasteiger partial charge >= 0.3 is 6.18 Å². The number of nitrogens with one attached hydrogen (secondary N) is 1. The first-order valence-corrected chi connectivity index (χ1v) is 8.52. The second-order valence-corrected chi connectivity index (χ2v) is 6.26. The predicted molar refractivity (Wildman–Crippen MR) is 88.0 cm³/mol. The van der Waals surface area contributed by atoms with Crippen molar-refractivity contribution in [2.45, 2.75) is 51.6 Å². The fourth-order valence-corrected chi connectivity index (χ4v) is 3.45. The molecule has 3 rings (SSSR count). The van der Waals surface area contributed by atoms with Crippen LogP contribution in [0.5, 0.6) is 0 Å². The standard InChI is InChI=1S/C18H22F3N3O/c1-2-16-23-15(11-25)17-14(22-9-10-24(16)17)8-5-12-3-6-13(7-4-12)18(19,20)21/h3-4,6-7,14,22,25H,2,5,8-11H2,1H3. The van der Waals surface area contributed by atoms with E-state index in [1.807, 2.05) is 6.92 Å². The molecule has 1 atom stereocenters. The minimum atomic E-state index is -4.30. The zero-order valence-electron chi connectivity index (χ0n) is 14.1. The summed E-state index contributed by atoms with van der Waals surface area (Å²) < 4.78 is 40.1. The molecule has 0 spiro atoms. The van der Waals surface area contributed by atoms with Crippen molar-refractivity contribution >= 4 is 0 Å². The Morgan fingerprint density at radius 1 is 1.28 bits per heavy atom. The Labute approximate surface area is 144 Å². The molecule has 0 saturated heterocycles. The third-order valence-electron chi connectivity index (χ3n) is 4.69. The molecule has 136 valence electrons. The van der Waals surface area contributed by atoms with Crippen LogP contribution in [0.25, 0.3) is 0 Å². The highest BCUT2D eigenvalue weighted by molar-refractivity contribution is 5.26. The van der Waals surface area contributed by atoms with Gasteiger partial charge in [0.05, 0.1) is 23.6 Å². The van der Waals surface area contributed by atoms with Crippen LogP contribution in [0, 0.1) is 0 Å². The summed E-state index contributed by atoms with van der Waals surface area (Å²) in [7, 11) is 0. The second kappa shape index (κ2) is 7.17. The van der Waals surface area contributed by atoms with Gasteiger partial charge in [0.15, 0.2) is 0 Å². The zero-order valence-corrected chi connectivity index (χ0v) is 14.1. The Hall–Kier alpha value is -1.86. The van der Waals surface area contributed by atoms with Crippen LogP contribution in [0.1, 0.15) is 47.7 Å². The van der Waals surface area contributed by atoms with Gasteiger partial charge in [-0.15, -0.1) is 0 Å². The number of fused-ring (bicyclic) bond motifs is 1. The minimum absolute atomic E-state index is 0.0472. The van der Waals surface area contributed by atoms with Crippen molar-refractivity contribution < 1.29 is 18.3 Å². The highest BCUT2D eigenvalue weighted by Crippen LogP contribution is 2.30. The maximum Gasteiger partial charge on any atom is 0.416 e. The number of hydrogen-bond donors (Lipinski definition) is 2. The maximum absolute atomic E-state index is 12.6. The van der Waals surface area contributed by atoms with E-state index in [2.05, 4.69) is 14.9 Å². The molecule has 0 saturated carbocycles. The molecule has 4 nitrogen and oxygen atoms in total. The van der Waals surface area contributed by atoms with E-state index in [1.165, 1.54) is 12.1 Å². The maximum atomic E-state index is 12.6. The van der Waals surface area contributed by atoms with Gasteiger partial charge in [0, 0.05) is 25.6 Å². The molecule has 0 aliphatic carbocycles. The molecular weight excluding hydrogens is 331 g/mol. The number of rotatable bonds is 5. The summed E-state index contributed by atoms with van der Waals surface area (Å²) in [4.78, 5) is 4.52. The third-order valence-corrected chi connectivity index (χ3v) is 4.69. The molecule has 25 heavy (non-hydrogen) atoms. The van der Waals surface area contributed by atoms with Gasteiger partial charge in [0.2, 0.25) is 0 Å². The van der Waals surface area contributed by atoms with E-state index in [1.54, 1.807) is 0 Å². The number of aryl methyl sites for hydroxylation is 2. The molecule has 2 N–H and O–H groups in total. The van der Waals surface area contributed by atoms with E-state index in [0.29, 0.717) is 12.1 Å². The average Bonchev–Trinajstić information content (AvgIpc) is 2.98. The van der Waals surface area contributed by atoms with E-state index in [-0.39, 0.29) is 12.6 Å². The van der Waals surface area contributed by atoms with Crippen LogP contribution >= 0.6 is 0 Å². The second-order valence-electron chi connectivity index (χ2n) is 6.26. The van der Waals surface area contributed by atoms with Crippen molar-refractivity contribution in [2.75, 3.05) is 6.54 Å². The molecule has 2 heterocycles. The number of hydrogen-bond acceptors (Lipinski definition) is 3. The number of aromatic nitrogens is 2. The first-order chi connectivity index (χ1) is 11.9. The Kier molecular flexibility index (Phi) is 5.15. The predicted octanol–water partition coefficient (Wildman–Crippen LogP) is 3.23. The van der Waals surface area contributed by atoms with Gasteiger partial charge in [-0.3, -0.25) is 0 Å². The van der Waals surface area contributed by atoms with Crippen molar-refractivity contribution in [1.29, 1.82) is 0 Å². The lowest BCUT2D eigenvalue weighted by atomic mass is 9.99. The fourth-order valence-electron chi connectivity index (χ4n) is 3.45. The van der Waals surface area contributed by atoms with Crippen LogP contribution in [0.3, 0.4) is 0 Å². The quantitative estimate of drug-likeness (QED) is 0.868. The van der Waals surface area contributed by atoms with E-state index in [9.17, 15) is 18.3 Å². The highest BCUT2D eigenvalue weighted by Gasteiger charge is 2.30. The number of benzene rings is 1. The number of aliphatic hydroxyl groups excluding tert-OH is 1. The SMILES string of the molecule is CCc1nc(CO)c2n1CCNC2CCc1ccc(C(F)(F)F)cc1. The molecule has 1 aliphatic rings. The summed E-state index contributed by atoms with van der Waals surface area (Å²) in [6.07, 6.45) is -2.10. The van der Waals surface area contributed by atoms with Crippen molar-refractivity contribution in [3.05, 3.63) is 52.6 Å². The number of halogens is 3. The van der Waals surface area contributed by atoms with Gasteiger partial charge in [0.25, 0.3) is 0 Å². The highest BCUT2D eigenvalue weighted by atomic mass is 19.4. The zero-order chi connectivity index (χ0) is 18.0. The lowest BCUT2D eigenvalue weighted by molar-refractivity contribution is -0.137. The van der Waals surface area contributed by atoms with Gasteiger partial charge in [-0.1, -0.05) is 19.1 Å². The summed E-state index contributed by atoms with van der Waals surface area (Å²) in [6.45, 7) is 3.57. The summed E-state index contributed by atoms with van der Waals surface area (Å²) in [5, 5.41) is 13.0. The smallest absolute Gasteiger partial charge is 0.390 e. The van der Waals surface area contributed by atoms with Crippen molar-refractivity contribution in [2.24, 2.45) is 0 Å². The molecule has 0 bridgehead atoms. The number of aliphatic hydroxyl groups is 1. The molecule has 1 aromatic carbocycles. The lowest BCUT2D eigenvalue weighted by Crippen LogP contribution is -2.34. The summed E-state index contributed by atoms with van der Waals surface area (Å²) in [6, 6.07) is 5.37. The van der Waals surface area contributed by atoms with E-state index in [0.717, 1.165) is 55.1 Å². The first-order valence-electron chi connectivity index (χ1n) is 8.52. The molecule has 0 amide bonds. The Morgan fingerprint density at radius 3 is 2.60 bits per heavy atom. The summed E-state index contributed by atoms with van der Waals surface area (Å²) in [5.74, 6) is 0.972. The number of alkyl halides is 3. The fraction of sp³-hybridized carbons (Fsp3) is 0.500. The van der Waals surface area contributed by atoms with E-state index in [4.69, 9.17) is 0 Å². The van der Waals surface area contributed by atoms with Gasteiger partial charge in [-0.25, -0.2) is 4.98 Å². The number of imidazole rings is 1. The molecule has 7 heteroatoms. The van der Waals surface area contributed by atoms with E-state index < -0.39 is 11.7 Å². The largest absolute Gasteiger partial charge is 0.416 e. The van der Waals surface area contributed by atoms with Gasteiger partial charge < -0.3 is 15.0 Å². The van der Waals surface area contributed by atoms with Gasteiger partial charge in [-0.2, -0.15) is 13.2 Å². The average molecular weight is 353 g/mol. The number of nitrogens with zero attached hydrogens (tertiary/aromatic N) is 2. The van der Waals surface area contributed by atoms with E-state index >= 15 is 0 Å². The Bertz CT molecular complexity index is 722.